The van der Waals surface area contributed by atoms with Crippen LogP contribution in [0, 0.1) is 22.9 Å². The second-order valence-electron chi connectivity index (χ2n) is 5.42. The molecule has 0 aliphatic carbocycles. The average molecular weight is 388 g/mol. The first kappa shape index (κ1) is 18.5. The summed E-state index contributed by atoms with van der Waals surface area (Å²) >= 11 is 1.09. The van der Waals surface area contributed by atoms with E-state index in [-0.39, 0.29) is 27.9 Å². The van der Waals surface area contributed by atoms with Crippen LogP contribution in [0.3, 0.4) is 0 Å². The highest BCUT2D eigenvalue weighted by molar-refractivity contribution is 7.17. The monoisotopic (exact) mass is 388 g/mol. The number of rotatable bonds is 5. The van der Waals surface area contributed by atoms with E-state index in [2.05, 4.69) is 4.98 Å². The quantitative estimate of drug-likeness (QED) is 0.279. The number of esters is 1. The molecule has 0 bridgehead atoms. The molecule has 0 N–H and O–H groups in total. The van der Waals surface area contributed by atoms with Gasteiger partial charge in [0.05, 0.1) is 23.8 Å². The van der Waals surface area contributed by atoms with Crippen LogP contribution in [0.5, 0.6) is 11.5 Å². The third-order valence-electron chi connectivity index (χ3n) is 3.63. The fourth-order valence-corrected chi connectivity index (χ4v) is 3.25. The van der Waals surface area contributed by atoms with E-state index in [1.165, 1.54) is 31.4 Å². The fraction of sp³-hybridized carbons (Fsp3) is 0.111. The SMILES string of the molecule is COc1ccc([N+](=O)[O-])cc1OC(=O)c1sc(-c2ccc(F)cc2)nc1C. The Bertz CT molecular complexity index is 1020. The molecule has 1 heterocycles. The number of aryl methyl sites for hydroxylation is 1. The van der Waals surface area contributed by atoms with Crippen LogP contribution in [-0.4, -0.2) is 23.0 Å². The summed E-state index contributed by atoms with van der Waals surface area (Å²) in [6.45, 7) is 1.64. The van der Waals surface area contributed by atoms with Crippen LogP contribution >= 0.6 is 11.3 Å². The molecular weight excluding hydrogens is 375 g/mol. The van der Waals surface area contributed by atoms with Crippen molar-refractivity contribution in [3.63, 3.8) is 0 Å². The molecule has 0 saturated heterocycles. The first-order valence-electron chi connectivity index (χ1n) is 7.67. The average Bonchev–Trinajstić information content (AvgIpc) is 3.04. The van der Waals surface area contributed by atoms with Crippen molar-refractivity contribution in [2.24, 2.45) is 0 Å². The van der Waals surface area contributed by atoms with Gasteiger partial charge in [0.1, 0.15) is 15.7 Å². The largest absolute Gasteiger partial charge is 0.493 e. The van der Waals surface area contributed by atoms with Gasteiger partial charge < -0.3 is 9.47 Å². The van der Waals surface area contributed by atoms with Gasteiger partial charge in [0, 0.05) is 11.6 Å². The number of thiazole rings is 1. The lowest BCUT2D eigenvalue weighted by molar-refractivity contribution is -0.384. The van der Waals surface area contributed by atoms with E-state index in [4.69, 9.17) is 9.47 Å². The number of halogens is 1. The molecular formula is C18H13FN2O5S. The Morgan fingerprint density at radius 1 is 1.19 bits per heavy atom. The Hall–Kier alpha value is -3.33. The van der Waals surface area contributed by atoms with Crippen molar-refractivity contribution in [1.29, 1.82) is 0 Å². The third kappa shape index (κ3) is 3.93. The van der Waals surface area contributed by atoms with Gasteiger partial charge in [-0.3, -0.25) is 10.1 Å². The Balaban J connectivity index is 1.90. The number of nitro benzene ring substituents is 1. The standard InChI is InChI=1S/C18H13FN2O5S/c1-10-16(27-17(20-10)11-3-5-12(19)6-4-11)18(22)26-15-9-13(21(23)24)7-8-14(15)25-2/h3-9H,1-2H3. The lowest BCUT2D eigenvalue weighted by atomic mass is 10.2. The number of aromatic nitrogens is 1. The number of hydrogen-bond acceptors (Lipinski definition) is 7. The molecule has 0 spiro atoms. The highest BCUT2D eigenvalue weighted by Crippen LogP contribution is 2.33. The molecule has 138 valence electrons. The van der Waals surface area contributed by atoms with Crippen LogP contribution in [0.1, 0.15) is 15.4 Å². The molecule has 27 heavy (non-hydrogen) atoms. The Morgan fingerprint density at radius 2 is 1.89 bits per heavy atom. The number of hydrogen-bond donors (Lipinski definition) is 0. The van der Waals surface area contributed by atoms with Gasteiger partial charge >= 0.3 is 5.97 Å². The van der Waals surface area contributed by atoms with Crippen molar-refractivity contribution in [1.82, 2.24) is 4.98 Å². The molecule has 3 aromatic rings. The summed E-state index contributed by atoms with van der Waals surface area (Å²) in [5, 5.41) is 11.5. The van der Waals surface area contributed by atoms with Gasteiger partial charge in [-0.15, -0.1) is 11.3 Å². The number of ether oxygens (including phenoxy) is 2. The molecule has 0 fully saturated rings. The van der Waals surface area contributed by atoms with Gasteiger partial charge in [-0.05, 0) is 37.3 Å². The number of non-ortho nitro benzene ring substituents is 1. The zero-order valence-corrected chi connectivity index (χ0v) is 15.1. The van der Waals surface area contributed by atoms with Gasteiger partial charge in [-0.2, -0.15) is 0 Å². The predicted octanol–water partition coefficient (Wildman–Crippen LogP) is 4.39. The molecule has 1 aromatic heterocycles. The number of benzene rings is 2. The van der Waals surface area contributed by atoms with Crippen molar-refractivity contribution >= 4 is 23.0 Å². The van der Waals surface area contributed by atoms with E-state index in [0.717, 1.165) is 17.4 Å². The minimum atomic E-state index is -0.711. The van der Waals surface area contributed by atoms with Crippen molar-refractivity contribution in [3.05, 3.63) is 69.0 Å². The van der Waals surface area contributed by atoms with E-state index >= 15 is 0 Å². The molecule has 2 aromatic carbocycles. The predicted molar refractivity (Wildman–Crippen MR) is 96.9 cm³/mol. The lowest BCUT2D eigenvalue weighted by Gasteiger charge is -2.08. The first-order chi connectivity index (χ1) is 12.9. The van der Waals surface area contributed by atoms with Crippen molar-refractivity contribution in [2.75, 3.05) is 7.11 Å². The smallest absolute Gasteiger partial charge is 0.355 e. The molecule has 0 radical (unpaired) electrons. The van der Waals surface area contributed by atoms with Crippen LogP contribution in [0.4, 0.5) is 10.1 Å². The van der Waals surface area contributed by atoms with Gasteiger partial charge in [0.25, 0.3) is 5.69 Å². The highest BCUT2D eigenvalue weighted by atomic mass is 32.1. The first-order valence-corrected chi connectivity index (χ1v) is 8.48. The molecule has 0 amide bonds. The van der Waals surface area contributed by atoms with Gasteiger partial charge in [0.2, 0.25) is 0 Å². The summed E-state index contributed by atoms with van der Waals surface area (Å²) in [4.78, 5) is 27.4. The highest BCUT2D eigenvalue weighted by Gasteiger charge is 2.21. The van der Waals surface area contributed by atoms with E-state index in [0.29, 0.717) is 16.3 Å². The van der Waals surface area contributed by atoms with Gasteiger partial charge in [-0.1, -0.05) is 0 Å². The summed E-state index contributed by atoms with van der Waals surface area (Å²) in [6, 6.07) is 9.45. The molecule has 0 unspecified atom stereocenters. The lowest BCUT2D eigenvalue weighted by Crippen LogP contribution is -2.09. The molecule has 9 heteroatoms. The zero-order chi connectivity index (χ0) is 19.6. The Kier molecular flexibility index (Phi) is 5.13. The molecule has 3 rings (SSSR count). The van der Waals surface area contributed by atoms with Crippen LogP contribution in [0.25, 0.3) is 10.6 Å². The Labute approximate surface area is 157 Å². The molecule has 0 aliphatic rings. The maximum atomic E-state index is 13.1. The van der Waals surface area contributed by atoms with Crippen LogP contribution in [0.2, 0.25) is 0 Å². The van der Waals surface area contributed by atoms with E-state index < -0.39 is 10.9 Å². The van der Waals surface area contributed by atoms with Gasteiger partial charge in [0.15, 0.2) is 11.5 Å². The zero-order valence-electron chi connectivity index (χ0n) is 14.3. The van der Waals surface area contributed by atoms with Crippen LogP contribution < -0.4 is 9.47 Å². The third-order valence-corrected chi connectivity index (χ3v) is 4.82. The number of nitro groups is 1. The summed E-state index contributed by atoms with van der Waals surface area (Å²) in [7, 11) is 1.36. The summed E-state index contributed by atoms with van der Waals surface area (Å²) < 4.78 is 23.5. The number of nitrogens with zero attached hydrogens (tertiary/aromatic N) is 2. The Morgan fingerprint density at radius 3 is 2.52 bits per heavy atom. The van der Waals surface area contributed by atoms with Crippen molar-refractivity contribution in [3.8, 4) is 22.1 Å². The summed E-state index contributed by atoms with van der Waals surface area (Å²) in [6.07, 6.45) is 0. The number of carbonyl (C=O) groups excluding carboxylic acids is 1. The van der Waals surface area contributed by atoms with Crippen LogP contribution in [-0.2, 0) is 0 Å². The van der Waals surface area contributed by atoms with Gasteiger partial charge in [-0.25, -0.2) is 14.2 Å². The molecule has 0 atom stereocenters. The van der Waals surface area contributed by atoms with E-state index in [9.17, 15) is 19.3 Å². The topological polar surface area (TPSA) is 91.6 Å². The number of carbonyl (C=O) groups is 1. The minimum Gasteiger partial charge on any atom is -0.493 e. The van der Waals surface area contributed by atoms with Crippen LogP contribution in [0.15, 0.2) is 42.5 Å². The molecule has 0 aliphatic heterocycles. The van der Waals surface area contributed by atoms with Crippen molar-refractivity contribution < 1.29 is 23.6 Å². The summed E-state index contributed by atoms with van der Waals surface area (Å²) in [5.74, 6) is -0.954. The van der Waals surface area contributed by atoms with E-state index in [1.54, 1.807) is 19.1 Å². The molecule has 7 nitrogen and oxygen atoms in total. The van der Waals surface area contributed by atoms with Crippen molar-refractivity contribution in [2.45, 2.75) is 6.92 Å². The van der Waals surface area contributed by atoms with E-state index in [1.807, 2.05) is 0 Å². The molecule has 0 saturated carbocycles. The second-order valence-corrected chi connectivity index (χ2v) is 6.42. The minimum absolute atomic E-state index is 0.0622. The maximum absolute atomic E-state index is 13.1. The second kappa shape index (κ2) is 7.50. The number of methoxy groups -OCH3 is 1. The summed E-state index contributed by atoms with van der Waals surface area (Å²) in [5.41, 5.74) is 0.872. The fourth-order valence-electron chi connectivity index (χ4n) is 2.31. The maximum Gasteiger partial charge on any atom is 0.355 e. The normalized spacial score (nSPS) is 10.5.